The Kier molecular flexibility index (Phi) is 8.27. The van der Waals surface area contributed by atoms with Gasteiger partial charge in [-0.15, -0.1) is 0 Å². The summed E-state index contributed by atoms with van der Waals surface area (Å²) in [5, 5.41) is 10.0. The fraction of sp³-hybridized carbons (Fsp3) is 0.179. The van der Waals surface area contributed by atoms with Crippen LogP contribution in [0.4, 0.5) is 0 Å². The first kappa shape index (κ1) is 25.3. The predicted molar refractivity (Wildman–Crippen MR) is 141 cm³/mol. The first-order valence-corrected chi connectivity index (χ1v) is 12.2. The highest BCUT2D eigenvalue weighted by Gasteiger charge is 2.13. The summed E-state index contributed by atoms with van der Waals surface area (Å²) in [4.78, 5) is 16.0. The van der Waals surface area contributed by atoms with Crippen molar-refractivity contribution in [2.45, 2.75) is 32.2 Å². The lowest BCUT2D eigenvalue weighted by Crippen LogP contribution is -2.12. The number of nitrogens with zero attached hydrogens (tertiary/aromatic N) is 3. The van der Waals surface area contributed by atoms with Crippen molar-refractivity contribution in [2.24, 2.45) is 5.73 Å². The molecule has 0 aliphatic heterocycles. The topological polar surface area (TPSA) is 93.9 Å². The average Bonchev–Trinajstić information content (AvgIpc) is 3.26. The molecule has 1 aromatic heterocycles. The van der Waals surface area contributed by atoms with E-state index in [0.29, 0.717) is 47.2 Å². The van der Waals surface area contributed by atoms with Gasteiger partial charge in [0.15, 0.2) is 0 Å². The number of aromatic nitrogens is 2. The molecule has 6 nitrogen and oxygen atoms in total. The first-order valence-electron chi connectivity index (χ1n) is 11.5. The number of carbonyl (C=O) groups excluding carboxylic acids is 1. The molecule has 1 amide bonds. The van der Waals surface area contributed by atoms with E-state index in [1.807, 2.05) is 36.5 Å². The van der Waals surface area contributed by atoms with Gasteiger partial charge in [-0.2, -0.15) is 5.26 Å². The average molecular weight is 519 g/mol. The van der Waals surface area contributed by atoms with E-state index in [1.165, 1.54) is 0 Å². The van der Waals surface area contributed by atoms with Crippen molar-refractivity contribution in [3.63, 3.8) is 0 Å². The van der Waals surface area contributed by atoms with E-state index < -0.39 is 0 Å². The second-order valence-electron chi connectivity index (χ2n) is 8.31. The van der Waals surface area contributed by atoms with Gasteiger partial charge >= 0.3 is 0 Å². The molecule has 0 saturated heterocycles. The van der Waals surface area contributed by atoms with E-state index in [1.54, 1.807) is 36.4 Å². The van der Waals surface area contributed by atoms with Crippen LogP contribution in [0.2, 0.25) is 10.0 Å². The van der Waals surface area contributed by atoms with Gasteiger partial charge in [0, 0.05) is 36.2 Å². The van der Waals surface area contributed by atoms with Crippen molar-refractivity contribution < 1.29 is 9.53 Å². The van der Waals surface area contributed by atoms with E-state index in [4.69, 9.17) is 43.9 Å². The van der Waals surface area contributed by atoms with Crippen LogP contribution in [0, 0.1) is 11.3 Å². The van der Waals surface area contributed by atoms with Crippen LogP contribution in [-0.2, 0) is 24.2 Å². The van der Waals surface area contributed by atoms with Crippen LogP contribution in [0.1, 0.15) is 29.8 Å². The highest BCUT2D eigenvalue weighted by molar-refractivity contribution is 6.36. The lowest BCUT2D eigenvalue weighted by molar-refractivity contribution is -0.118. The number of carbonyl (C=O) groups is 1. The second-order valence-corrected chi connectivity index (χ2v) is 9.16. The summed E-state index contributed by atoms with van der Waals surface area (Å²) in [5.74, 6) is 1.98. The van der Waals surface area contributed by atoms with Crippen LogP contribution >= 0.6 is 23.2 Å². The van der Waals surface area contributed by atoms with Crippen molar-refractivity contribution >= 4 is 29.1 Å². The summed E-state index contributed by atoms with van der Waals surface area (Å²) in [7, 11) is 0. The molecule has 2 N–H and O–H groups in total. The molecule has 182 valence electrons. The number of rotatable bonds is 10. The molecule has 0 bridgehead atoms. The van der Waals surface area contributed by atoms with Crippen LogP contribution in [0.3, 0.4) is 0 Å². The van der Waals surface area contributed by atoms with Gasteiger partial charge in [-0.25, -0.2) is 4.98 Å². The van der Waals surface area contributed by atoms with E-state index in [-0.39, 0.29) is 5.91 Å². The minimum absolute atomic E-state index is 0.315. The van der Waals surface area contributed by atoms with Crippen LogP contribution in [0.25, 0.3) is 11.3 Å². The number of halogens is 2. The van der Waals surface area contributed by atoms with Gasteiger partial charge in [0.1, 0.15) is 17.3 Å². The van der Waals surface area contributed by atoms with E-state index in [0.717, 1.165) is 34.8 Å². The summed E-state index contributed by atoms with van der Waals surface area (Å²) < 4.78 is 7.93. The second kappa shape index (κ2) is 11.8. The molecule has 0 spiro atoms. The highest BCUT2D eigenvalue weighted by atomic mass is 35.5. The Morgan fingerprint density at radius 1 is 1.00 bits per heavy atom. The number of primary amides is 1. The number of aryl methyl sites for hydroxylation is 3. The molecule has 0 aliphatic carbocycles. The van der Waals surface area contributed by atoms with Crippen molar-refractivity contribution in [2.75, 3.05) is 0 Å². The number of benzene rings is 3. The lowest BCUT2D eigenvalue weighted by atomic mass is 10.1. The molecule has 1 heterocycles. The van der Waals surface area contributed by atoms with Gasteiger partial charge in [-0.3, -0.25) is 4.79 Å². The minimum atomic E-state index is -0.319. The summed E-state index contributed by atoms with van der Waals surface area (Å²) in [6, 6.07) is 22.3. The molecular formula is C28H24Cl2N4O2. The summed E-state index contributed by atoms with van der Waals surface area (Å²) in [6.45, 7) is 0.633. The zero-order valence-corrected chi connectivity index (χ0v) is 21.0. The quantitative estimate of drug-likeness (QED) is 0.256. The predicted octanol–water partition coefficient (Wildman–Crippen LogP) is 6.57. The monoisotopic (exact) mass is 518 g/mol. The minimum Gasteiger partial charge on any atom is -0.457 e. The summed E-state index contributed by atoms with van der Waals surface area (Å²) in [5.41, 5.74) is 8.61. The Balaban J connectivity index is 1.46. The fourth-order valence-electron chi connectivity index (χ4n) is 3.81. The molecule has 8 heteroatoms. The van der Waals surface area contributed by atoms with Gasteiger partial charge in [0.2, 0.25) is 5.91 Å². The van der Waals surface area contributed by atoms with Gasteiger partial charge in [0.05, 0.1) is 22.3 Å². The zero-order valence-electron chi connectivity index (χ0n) is 19.5. The van der Waals surface area contributed by atoms with Crippen LogP contribution in [0.15, 0.2) is 72.9 Å². The highest BCUT2D eigenvalue weighted by Crippen LogP contribution is 2.30. The largest absolute Gasteiger partial charge is 0.457 e. The molecule has 0 fully saturated rings. The number of hydrogen-bond donors (Lipinski definition) is 1. The maximum absolute atomic E-state index is 11.2. The number of nitriles is 1. The molecule has 0 atom stereocenters. The van der Waals surface area contributed by atoms with E-state index in [2.05, 4.69) is 10.6 Å². The van der Waals surface area contributed by atoms with Crippen molar-refractivity contribution in [3.05, 3.63) is 99.9 Å². The number of imidazole rings is 1. The molecule has 0 aliphatic rings. The first-order chi connectivity index (χ1) is 17.4. The van der Waals surface area contributed by atoms with Crippen LogP contribution < -0.4 is 10.5 Å². The van der Waals surface area contributed by atoms with Crippen molar-refractivity contribution in [1.29, 1.82) is 5.26 Å². The van der Waals surface area contributed by atoms with Gasteiger partial charge in [-0.1, -0.05) is 35.3 Å². The summed E-state index contributed by atoms with van der Waals surface area (Å²) in [6.07, 6.45) is 4.39. The molecule has 4 rings (SSSR count). The van der Waals surface area contributed by atoms with Crippen LogP contribution in [-0.4, -0.2) is 15.5 Å². The number of hydrogen-bond acceptors (Lipinski definition) is 4. The third kappa shape index (κ3) is 6.66. The lowest BCUT2D eigenvalue weighted by Gasteiger charge is -2.09. The Bertz CT molecular complexity index is 1390. The molecular weight excluding hydrogens is 495 g/mol. The third-order valence-electron chi connectivity index (χ3n) is 5.67. The Morgan fingerprint density at radius 3 is 2.33 bits per heavy atom. The Hall–Kier alpha value is -3.79. The van der Waals surface area contributed by atoms with Crippen molar-refractivity contribution in [3.8, 4) is 28.8 Å². The molecule has 0 saturated carbocycles. The van der Waals surface area contributed by atoms with E-state index in [9.17, 15) is 4.79 Å². The van der Waals surface area contributed by atoms with Crippen LogP contribution in [0.5, 0.6) is 11.5 Å². The maximum Gasteiger partial charge on any atom is 0.217 e. The molecule has 0 radical (unpaired) electrons. The Labute approximate surface area is 219 Å². The van der Waals surface area contributed by atoms with Crippen molar-refractivity contribution in [1.82, 2.24) is 9.55 Å². The molecule has 0 unspecified atom stereocenters. The maximum atomic E-state index is 11.2. The molecule has 4 aromatic rings. The molecule has 36 heavy (non-hydrogen) atoms. The summed E-state index contributed by atoms with van der Waals surface area (Å²) >= 11 is 12.5. The standard InChI is InChI=1S/C28H24Cl2N4O2/c29-21-8-13-24(25(30)16-21)26-18-34(15-1-2-27(32)35)28(33-26)14-7-19-3-9-22(10-4-19)36-23-11-5-20(17-31)6-12-23/h3-6,8-13,16,18H,1-2,7,14-15H2,(H2,32,35). The van der Waals surface area contributed by atoms with Gasteiger partial charge in [-0.05, 0) is 73.0 Å². The van der Waals surface area contributed by atoms with Gasteiger partial charge in [0.25, 0.3) is 0 Å². The SMILES string of the molecule is N#Cc1ccc(Oc2ccc(CCc3nc(-c4ccc(Cl)cc4Cl)cn3CCCC(N)=O)cc2)cc1. The smallest absolute Gasteiger partial charge is 0.217 e. The zero-order chi connectivity index (χ0) is 25.5. The number of ether oxygens (including phenoxy) is 1. The third-order valence-corrected chi connectivity index (χ3v) is 6.22. The molecule has 3 aromatic carbocycles. The number of amides is 1. The fourth-order valence-corrected chi connectivity index (χ4v) is 4.32. The normalized spacial score (nSPS) is 10.7. The van der Waals surface area contributed by atoms with Gasteiger partial charge < -0.3 is 15.0 Å². The van der Waals surface area contributed by atoms with E-state index >= 15 is 0 Å². The Morgan fingerprint density at radius 2 is 1.69 bits per heavy atom. The number of nitrogens with two attached hydrogens (primary N) is 1.